The van der Waals surface area contributed by atoms with Gasteiger partial charge in [-0.3, -0.25) is 14.7 Å². The van der Waals surface area contributed by atoms with E-state index in [0.717, 1.165) is 56.6 Å². The van der Waals surface area contributed by atoms with E-state index in [1.54, 1.807) is 7.05 Å². The van der Waals surface area contributed by atoms with E-state index in [1.807, 2.05) is 18.2 Å². The Morgan fingerprint density at radius 3 is 2.65 bits per heavy atom. The molecular weight excluding hydrogens is 505 g/mol. The van der Waals surface area contributed by atoms with Crippen LogP contribution in [0.3, 0.4) is 0 Å². The molecule has 1 aromatic carbocycles. The van der Waals surface area contributed by atoms with Gasteiger partial charge in [-0.25, -0.2) is 0 Å². The summed E-state index contributed by atoms with van der Waals surface area (Å²) >= 11 is 0. The summed E-state index contributed by atoms with van der Waals surface area (Å²) in [4.78, 5) is 18.9. The average Bonchev–Trinajstić information content (AvgIpc) is 2.75. The number of halogens is 1. The summed E-state index contributed by atoms with van der Waals surface area (Å²) in [6, 6.07) is 7.99. The first-order valence-electron chi connectivity index (χ1n) is 11.3. The lowest BCUT2D eigenvalue weighted by Crippen LogP contribution is -2.46. The van der Waals surface area contributed by atoms with Crippen LogP contribution in [-0.2, 0) is 16.1 Å². The number of carbonyl (C=O) groups excluding carboxylic acids is 1. The van der Waals surface area contributed by atoms with E-state index in [0.29, 0.717) is 18.4 Å². The molecule has 3 rings (SSSR count). The second-order valence-corrected chi connectivity index (χ2v) is 8.44. The zero-order valence-corrected chi connectivity index (χ0v) is 21.2. The lowest BCUT2D eigenvalue weighted by Gasteiger charge is -2.41. The van der Waals surface area contributed by atoms with Gasteiger partial charge in [0.2, 0.25) is 5.91 Å². The Morgan fingerprint density at radius 2 is 2.00 bits per heavy atom. The number of benzene rings is 1. The van der Waals surface area contributed by atoms with Gasteiger partial charge in [0.05, 0.1) is 13.2 Å². The highest BCUT2D eigenvalue weighted by Crippen LogP contribution is 2.42. The van der Waals surface area contributed by atoms with Crippen molar-refractivity contribution in [2.24, 2.45) is 10.4 Å². The first kappa shape index (κ1) is 25.9. The van der Waals surface area contributed by atoms with Crippen LogP contribution < -0.4 is 16.0 Å². The number of nitrogens with one attached hydrogen (secondary N) is 3. The van der Waals surface area contributed by atoms with E-state index in [1.165, 1.54) is 25.7 Å². The van der Waals surface area contributed by atoms with Crippen LogP contribution >= 0.6 is 24.0 Å². The maximum atomic E-state index is 12.3. The van der Waals surface area contributed by atoms with Gasteiger partial charge in [0.25, 0.3) is 0 Å². The second-order valence-electron chi connectivity index (χ2n) is 8.44. The topological polar surface area (TPSA) is 78.0 Å². The maximum absolute atomic E-state index is 12.3. The van der Waals surface area contributed by atoms with E-state index < -0.39 is 0 Å². The molecule has 2 aliphatic rings. The Balaban J connectivity index is 0.00000341. The van der Waals surface area contributed by atoms with Crippen LogP contribution in [0.15, 0.2) is 29.3 Å². The van der Waals surface area contributed by atoms with Gasteiger partial charge < -0.3 is 20.7 Å². The number of amides is 1. The fourth-order valence-electron chi connectivity index (χ4n) is 4.08. The molecule has 31 heavy (non-hydrogen) atoms. The molecule has 1 amide bonds. The van der Waals surface area contributed by atoms with Gasteiger partial charge in [0.15, 0.2) is 5.96 Å². The Bertz CT molecular complexity index is 712. The van der Waals surface area contributed by atoms with Gasteiger partial charge in [0.1, 0.15) is 0 Å². The van der Waals surface area contributed by atoms with Crippen molar-refractivity contribution in [3.63, 3.8) is 0 Å². The van der Waals surface area contributed by atoms with Gasteiger partial charge in [-0.05, 0) is 42.4 Å². The average molecular weight is 543 g/mol. The molecule has 0 atom stereocenters. The first-order valence-corrected chi connectivity index (χ1v) is 11.3. The van der Waals surface area contributed by atoms with Crippen LogP contribution in [-0.4, -0.2) is 63.2 Å². The number of nitrogens with zero attached hydrogens (tertiary/aromatic N) is 2. The number of hydrogen-bond donors (Lipinski definition) is 3. The summed E-state index contributed by atoms with van der Waals surface area (Å²) in [5.41, 5.74) is 2.39. The number of morpholine rings is 1. The highest BCUT2D eigenvalue weighted by atomic mass is 127. The van der Waals surface area contributed by atoms with Crippen molar-refractivity contribution in [2.45, 2.75) is 45.6 Å². The van der Waals surface area contributed by atoms with E-state index >= 15 is 0 Å². The van der Waals surface area contributed by atoms with Gasteiger partial charge in [-0.15, -0.1) is 24.0 Å². The number of hydrogen-bond acceptors (Lipinski definition) is 4. The van der Waals surface area contributed by atoms with Crippen molar-refractivity contribution in [2.75, 3.05) is 51.8 Å². The molecule has 8 heteroatoms. The summed E-state index contributed by atoms with van der Waals surface area (Å²) in [5.74, 6) is 0.879. The summed E-state index contributed by atoms with van der Waals surface area (Å²) < 4.78 is 5.35. The minimum Gasteiger partial charge on any atom is -0.379 e. The molecule has 0 radical (unpaired) electrons. The van der Waals surface area contributed by atoms with Gasteiger partial charge in [-0.2, -0.15) is 0 Å². The lowest BCUT2D eigenvalue weighted by molar-refractivity contribution is -0.116. The van der Waals surface area contributed by atoms with Crippen LogP contribution in [0.25, 0.3) is 0 Å². The minimum atomic E-state index is 0. The molecule has 1 saturated carbocycles. The third kappa shape index (κ3) is 8.23. The van der Waals surface area contributed by atoms with E-state index in [4.69, 9.17) is 4.74 Å². The molecule has 0 spiro atoms. The third-order valence-corrected chi connectivity index (χ3v) is 6.45. The molecular formula is C23H38IN5O2. The predicted molar refractivity (Wildman–Crippen MR) is 137 cm³/mol. The SMILES string of the molecule is CCC1(CNC(=NC)NCc2cccc(NC(=O)CCN3CCOCC3)c2)CCC1.I. The van der Waals surface area contributed by atoms with Crippen molar-refractivity contribution < 1.29 is 9.53 Å². The minimum absolute atomic E-state index is 0. The number of guanidine groups is 1. The zero-order valence-electron chi connectivity index (χ0n) is 18.9. The molecule has 1 aromatic rings. The molecule has 1 aliphatic carbocycles. The van der Waals surface area contributed by atoms with Crippen LogP contribution in [0.1, 0.15) is 44.6 Å². The van der Waals surface area contributed by atoms with Gasteiger partial charge in [-0.1, -0.05) is 25.5 Å². The number of aliphatic imine (C=N–C) groups is 1. The predicted octanol–water partition coefficient (Wildman–Crippen LogP) is 3.21. The van der Waals surface area contributed by atoms with Crippen molar-refractivity contribution in [1.29, 1.82) is 0 Å². The summed E-state index contributed by atoms with van der Waals surface area (Å²) in [7, 11) is 1.81. The Kier molecular flexibility index (Phi) is 11.0. The van der Waals surface area contributed by atoms with Crippen molar-refractivity contribution in [3.05, 3.63) is 29.8 Å². The number of ether oxygens (including phenoxy) is 1. The van der Waals surface area contributed by atoms with Gasteiger partial charge >= 0.3 is 0 Å². The van der Waals surface area contributed by atoms with E-state index in [9.17, 15) is 4.79 Å². The molecule has 7 nitrogen and oxygen atoms in total. The highest BCUT2D eigenvalue weighted by Gasteiger charge is 2.34. The molecule has 2 fully saturated rings. The Morgan fingerprint density at radius 1 is 1.23 bits per heavy atom. The van der Waals surface area contributed by atoms with Crippen LogP contribution in [0.5, 0.6) is 0 Å². The first-order chi connectivity index (χ1) is 14.6. The standard InChI is InChI=1S/C23H37N5O2.HI/c1-3-23(9-5-10-23)18-26-22(24-2)25-17-19-6-4-7-20(16-19)27-21(29)8-11-28-12-14-30-15-13-28;/h4,6-7,16H,3,5,8-15,17-18H2,1-2H3,(H,27,29)(H2,24,25,26);1H. The quantitative estimate of drug-likeness (QED) is 0.254. The molecule has 0 unspecified atom stereocenters. The molecule has 1 saturated heterocycles. The van der Waals surface area contributed by atoms with Crippen molar-refractivity contribution in [1.82, 2.24) is 15.5 Å². The van der Waals surface area contributed by atoms with Crippen molar-refractivity contribution >= 4 is 41.5 Å². The van der Waals surface area contributed by atoms with Crippen LogP contribution in [0.2, 0.25) is 0 Å². The Hall–Kier alpha value is -1.39. The number of anilines is 1. The van der Waals surface area contributed by atoms with Gasteiger partial charge in [0, 0.05) is 51.9 Å². The third-order valence-electron chi connectivity index (χ3n) is 6.45. The molecule has 3 N–H and O–H groups in total. The zero-order chi connectivity index (χ0) is 21.2. The lowest BCUT2D eigenvalue weighted by atomic mass is 9.67. The smallest absolute Gasteiger partial charge is 0.225 e. The molecule has 0 aromatic heterocycles. The fourth-order valence-corrected chi connectivity index (χ4v) is 4.08. The summed E-state index contributed by atoms with van der Waals surface area (Å²) in [6.07, 6.45) is 5.66. The maximum Gasteiger partial charge on any atom is 0.225 e. The van der Waals surface area contributed by atoms with Crippen LogP contribution in [0.4, 0.5) is 5.69 Å². The van der Waals surface area contributed by atoms with E-state index in [-0.39, 0.29) is 29.9 Å². The fraction of sp³-hybridized carbons (Fsp3) is 0.652. The van der Waals surface area contributed by atoms with Crippen molar-refractivity contribution in [3.8, 4) is 0 Å². The normalized spacial score (nSPS) is 18.5. The molecule has 0 bridgehead atoms. The summed E-state index contributed by atoms with van der Waals surface area (Å²) in [6.45, 7) is 8.02. The monoisotopic (exact) mass is 543 g/mol. The number of carbonyl (C=O) groups is 1. The highest BCUT2D eigenvalue weighted by molar-refractivity contribution is 14.0. The number of rotatable bonds is 9. The van der Waals surface area contributed by atoms with Crippen LogP contribution in [0, 0.1) is 5.41 Å². The Labute approximate surface area is 203 Å². The second kappa shape index (κ2) is 13.2. The largest absolute Gasteiger partial charge is 0.379 e. The molecule has 174 valence electrons. The molecule has 1 aliphatic heterocycles. The van der Waals surface area contributed by atoms with E-state index in [2.05, 4.69) is 38.8 Å². The molecule has 1 heterocycles. The summed E-state index contributed by atoms with van der Waals surface area (Å²) in [5, 5.41) is 9.89.